The van der Waals surface area contributed by atoms with Crippen LogP contribution in [0.1, 0.15) is 64.4 Å². The molecule has 0 fully saturated rings. The molecule has 0 aliphatic carbocycles. The highest BCUT2D eigenvalue weighted by molar-refractivity contribution is 5.19. The predicted octanol–water partition coefficient (Wildman–Crippen LogP) is 5.40. The largest absolute Gasteiger partial charge is 0.0654 e. The molecule has 0 aromatic heterocycles. The smallest absolute Gasteiger partial charge is 0.0139 e. The van der Waals surface area contributed by atoms with Gasteiger partial charge < -0.3 is 0 Å². The summed E-state index contributed by atoms with van der Waals surface area (Å²) < 4.78 is 0. The zero-order chi connectivity index (χ0) is 11.8. The molecule has 0 N–H and O–H groups in total. The second-order valence-corrected chi connectivity index (χ2v) is 5.11. The molecule has 0 spiro atoms. The number of rotatable bonds is 7. The topological polar surface area (TPSA) is 0 Å². The summed E-state index contributed by atoms with van der Waals surface area (Å²) in [7, 11) is 0. The second kappa shape index (κ2) is 7.49. The van der Waals surface area contributed by atoms with Crippen molar-refractivity contribution < 1.29 is 0 Å². The van der Waals surface area contributed by atoms with Crippen LogP contribution in [0, 0.1) is 5.92 Å². The van der Waals surface area contributed by atoms with Crippen LogP contribution in [-0.4, -0.2) is 0 Å². The van der Waals surface area contributed by atoms with Crippen molar-refractivity contribution in [3.05, 3.63) is 35.9 Å². The maximum Gasteiger partial charge on any atom is -0.0139 e. The number of hydrogen-bond donors (Lipinski definition) is 0. The van der Waals surface area contributed by atoms with E-state index in [0.717, 1.165) is 11.8 Å². The molecule has 1 rings (SSSR count). The van der Waals surface area contributed by atoms with Gasteiger partial charge in [-0.15, -0.1) is 0 Å². The number of benzene rings is 1. The Morgan fingerprint density at radius 1 is 0.938 bits per heavy atom. The monoisotopic (exact) mass is 218 g/mol. The van der Waals surface area contributed by atoms with Crippen LogP contribution in [0.15, 0.2) is 30.3 Å². The Bertz CT molecular complexity index is 261. The quantitative estimate of drug-likeness (QED) is 0.538. The molecular weight excluding hydrogens is 192 g/mol. The SMILES string of the molecule is CCCCCCC(c1ccccc1)C(C)C. The van der Waals surface area contributed by atoms with E-state index in [2.05, 4.69) is 51.1 Å². The predicted molar refractivity (Wildman–Crippen MR) is 72.8 cm³/mol. The molecule has 90 valence electrons. The van der Waals surface area contributed by atoms with E-state index in [9.17, 15) is 0 Å². The first-order valence-electron chi connectivity index (χ1n) is 6.80. The van der Waals surface area contributed by atoms with Gasteiger partial charge in [0.15, 0.2) is 0 Å². The molecule has 0 amide bonds. The van der Waals surface area contributed by atoms with E-state index in [1.807, 2.05) is 0 Å². The average molecular weight is 218 g/mol. The molecule has 0 bridgehead atoms. The highest BCUT2D eigenvalue weighted by Crippen LogP contribution is 2.29. The van der Waals surface area contributed by atoms with Crippen LogP contribution < -0.4 is 0 Å². The van der Waals surface area contributed by atoms with E-state index in [1.165, 1.54) is 37.7 Å². The molecule has 0 aliphatic heterocycles. The van der Waals surface area contributed by atoms with Crippen LogP contribution in [0.5, 0.6) is 0 Å². The fourth-order valence-electron chi connectivity index (χ4n) is 2.38. The zero-order valence-corrected chi connectivity index (χ0v) is 11.1. The molecule has 0 heteroatoms. The van der Waals surface area contributed by atoms with Crippen LogP contribution in [0.25, 0.3) is 0 Å². The molecule has 0 aliphatic rings. The summed E-state index contributed by atoms with van der Waals surface area (Å²) in [5.41, 5.74) is 1.52. The van der Waals surface area contributed by atoms with Crippen molar-refractivity contribution in [3.8, 4) is 0 Å². The van der Waals surface area contributed by atoms with Crippen molar-refractivity contribution in [2.45, 2.75) is 58.8 Å². The third kappa shape index (κ3) is 4.38. The van der Waals surface area contributed by atoms with Gasteiger partial charge in [0.1, 0.15) is 0 Å². The van der Waals surface area contributed by atoms with E-state index in [0.29, 0.717) is 0 Å². The lowest BCUT2D eigenvalue weighted by molar-refractivity contribution is 0.444. The molecule has 1 atom stereocenters. The van der Waals surface area contributed by atoms with Gasteiger partial charge in [-0.05, 0) is 23.8 Å². The maximum absolute atomic E-state index is 2.34. The molecule has 0 radical (unpaired) electrons. The second-order valence-electron chi connectivity index (χ2n) is 5.11. The van der Waals surface area contributed by atoms with E-state index >= 15 is 0 Å². The summed E-state index contributed by atoms with van der Waals surface area (Å²) in [6.07, 6.45) is 6.84. The average Bonchev–Trinajstić information content (AvgIpc) is 2.30. The highest BCUT2D eigenvalue weighted by Gasteiger charge is 2.14. The fourth-order valence-corrected chi connectivity index (χ4v) is 2.38. The minimum atomic E-state index is 0.748. The summed E-state index contributed by atoms with van der Waals surface area (Å²) in [5, 5.41) is 0. The van der Waals surface area contributed by atoms with E-state index < -0.39 is 0 Å². The third-order valence-electron chi connectivity index (χ3n) is 3.40. The maximum atomic E-state index is 2.34. The van der Waals surface area contributed by atoms with Crippen LogP contribution in [0.4, 0.5) is 0 Å². The molecular formula is C16H26. The lowest BCUT2D eigenvalue weighted by Gasteiger charge is -2.21. The van der Waals surface area contributed by atoms with Gasteiger partial charge >= 0.3 is 0 Å². The Balaban J connectivity index is 2.49. The fraction of sp³-hybridized carbons (Fsp3) is 0.625. The molecule has 16 heavy (non-hydrogen) atoms. The van der Waals surface area contributed by atoms with Gasteiger partial charge in [0.25, 0.3) is 0 Å². The van der Waals surface area contributed by atoms with Crippen molar-refractivity contribution in [3.63, 3.8) is 0 Å². The van der Waals surface area contributed by atoms with Crippen LogP contribution in [0.2, 0.25) is 0 Å². The van der Waals surface area contributed by atoms with Gasteiger partial charge in [-0.1, -0.05) is 76.8 Å². The van der Waals surface area contributed by atoms with Gasteiger partial charge in [-0.25, -0.2) is 0 Å². The Labute approximate surface area is 101 Å². The first-order valence-corrected chi connectivity index (χ1v) is 6.80. The van der Waals surface area contributed by atoms with Crippen molar-refractivity contribution in [1.82, 2.24) is 0 Å². The molecule has 0 heterocycles. The van der Waals surface area contributed by atoms with Crippen molar-refractivity contribution in [2.24, 2.45) is 5.92 Å². The summed E-state index contributed by atoms with van der Waals surface area (Å²) in [5.74, 6) is 1.50. The Hall–Kier alpha value is -0.780. The lowest BCUT2D eigenvalue weighted by Crippen LogP contribution is -2.06. The van der Waals surface area contributed by atoms with E-state index in [-0.39, 0.29) is 0 Å². The molecule has 0 saturated carbocycles. The molecule has 1 aromatic carbocycles. The first-order chi connectivity index (χ1) is 7.75. The van der Waals surface area contributed by atoms with Gasteiger partial charge in [0.2, 0.25) is 0 Å². The number of hydrogen-bond acceptors (Lipinski definition) is 0. The minimum absolute atomic E-state index is 0.748. The molecule has 1 aromatic rings. The molecule has 0 saturated heterocycles. The van der Waals surface area contributed by atoms with Crippen molar-refractivity contribution >= 4 is 0 Å². The molecule has 0 nitrogen and oxygen atoms in total. The van der Waals surface area contributed by atoms with Crippen LogP contribution in [0.3, 0.4) is 0 Å². The first kappa shape index (κ1) is 13.3. The van der Waals surface area contributed by atoms with Crippen LogP contribution >= 0.6 is 0 Å². The van der Waals surface area contributed by atoms with Gasteiger partial charge in [-0.3, -0.25) is 0 Å². The molecule has 1 unspecified atom stereocenters. The van der Waals surface area contributed by atoms with Gasteiger partial charge in [-0.2, -0.15) is 0 Å². The zero-order valence-electron chi connectivity index (χ0n) is 11.1. The lowest BCUT2D eigenvalue weighted by atomic mass is 9.84. The Morgan fingerprint density at radius 3 is 2.19 bits per heavy atom. The summed E-state index contributed by atoms with van der Waals surface area (Å²) in [6.45, 7) is 6.96. The van der Waals surface area contributed by atoms with Gasteiger partial charge in [0, 0.05) is 0 Å². The Morgan fingerprint density at radius 2 is 1.62 bits per heavy atom. The van der Waals surface area contributed by atoms with Crippen molar-refractivity contribution in [2.75, 3.05) is 0 Å². The Kier molecular flexibility index (Phi) is 6.22. The van der Waals surface area contributed by atoms with Crippen LogP contribution in [-0.2, 0) is 0 Å². The highest BCUT2D eigenvalue weighted by atomic mass is 14.2. The number of unbranched alkanes of at least 4 members (excludes halogenated alkanes) is 3. The normalized spacial score (nSPS) is 13.0. The van der Waals surface area contributed by atoms with Gasteiger partial charge in [0.05, 0.1) is 0 Å². The van der Waals surface area contributed by atoms with Crippen molar-refractivity contribution in [1.29, 1.82) is 0 Å². The summed E-state index contributed by atoms with van der Waals surface area (Å²) >= 11 is 0. The third-order valence-corrected chi connectivity index (χ3v) is 3.40. The summed E-state index contributed by atoms with van der Waals surface area (Å²) in [6, 6.07) is 11.0. The van der Waals surface area contributed by atoms with E-state index in [4.69, 9.17) is 0 Å². The summed E-state index contributed by atoms with van der Waals surface area (Å²) in [4.78, 5) is 0. The standard InChI is InChI=1S/C16H26/c1-4-5-6-10-13-16(14(2)3)15-11-8-7-9-12-15/h7-9,11-12,14,16H,4-6,10,13H2,1-3H3. The minimum Gasteiger partial charge on any atom is -0.0654 e. The van der Waals surface area contributed by atoms with E-state index in [1.54, 1.807) is 0 Å².